The molecule has 4 heteroatoms. The van der Waals surface area contributed by atoms with Crippen LogP contribution in [0.15, 0.2) is 30.3 Å². The SMILES string of the molecule is Oc1ccccc1.P.P.[Ni]. The summed E-state index contributed by atoms with van der Waals surface area (Å²) in [6, 6.07) is 8.71. The predicted octanol–water partition coefficient (Wildman–Crippen LogP) is 1.51. The Labute approximate surface area is 77.8 Å². The number of para-hydroxylation sites is 1. The molecule has 2 unspecified atom stereocenters. The maximum Gasteiger partial charge on any atom is 0.115 e. The maximum absolute atomic E-state index is 8.63. The maximum atomic E-state index is 8.63. The van der Waals surface area contributed by atoms with Gasteiger partial charge >= 0.3 is 0 Å². The van der Waals surface area contributed by atoms with Gasteiger partial charge in [-0.2, -0.15) is 19.8 Å². The number of benzene rings is 1. The van der Waals surface area contributed by atoms with Crippen LogP contribution in [0.1, 0.15) is 0 Å². The summed E-state index contributed by atoms with van der Waals surface area (Å²) in [5.41, 5.74) is 0. The summed E-state index contributed by atoms with van der Waals surface area (Å²) < 4.78 is 0. The zero-order valence-corrected chi connectivity index (χ0v) is 9.38. The van der Waals surface area contributed by atoms with Crippen LogP contribution in [0.5, 0.6) is 5.75 Å². The van der Waals surface area contributed by atoms with Crippen molar-refractivity contribution in [3.63, 3.8) is 0 Å². The molecule has 1 rings (SSSR count). The Balaban J connectivity index is -0.000000163. The topological polar surface area (TPSA) is 20.2 Å². The average Bonchev–Trinajstić information content (AvgIpc) is 1.69. The van der Waals surface area contributed by atoms with Crippen LogP contribution in [0.25, 0.3) is 0 Å². The molecule has 0 aliphatic carbocycles. The van der Waals surface area contributed by atoms with Crippen LogP contribution in [0.3, 0.4) is 0 Å². The van der Waals surface area contributed by atoms with E-state index in [1.54, 1.807) is 24.3 Å². The number of hydrogen-bond donors (Lipinski definition) is 1. The van der Waals surface area contributed by atoms with Gasteiger partial charge in [-0.05, 0) is 12.1 Å². The molecule has 62 valence electrons. The summed E-state index contributed by atoms with van der Waals surface area (Å²) in [5, 5.41) is 8.63. The molecular formula is C6H12NiOP2. The molecule has 0 radical (unpaired) electrons. The van der Waals surface area contributed by atoms with E-state index in [9.17, 15) is 0 Å². The quantitative estimate of drug-likeness (QED) is 0.519. The smallest absolute Gasteiger partial charge is 0.115 e. The van der Waals surface area contributed by atoms with Gasteiger partial charge in [0.25, 0.3) is 0 Å². The van der Waals surface area contributed by atoms with Gasteiger partial charge in [0.2, 0.25) is 0 Å². The van der Waals surface area contributed by atoms with Crippen molar-refractivity contribution in [2.45, 2.75) is 0 Å². The molecule has 1 N–H and O–H groups in total. The number of phenolic OH excluding ortho intramolecular Hbond substituents is 1. The van der Waals surface area contributed by atoms with Gasteiger partial charge < -0.3 is 5.11 Å². The van der Waals surface area contributed by atoms with Gasteiger partial charge in [-0.1, -0.05) is 18.2 Å². The predicted molar refractivity (Wildman–Crippen MR) is 50.3 cm³/mol. The summed E-state index contributed by atoms with van der Waals surface area (Å²) in [5.74, 6) is 0.322. The van der Waals surface area contributed by atoms with Gasteiger partial charge in [0.15, 0.2) is 0 Å². The second kappa shape index (κ2) is 9.37. The van der Waals surface area contributed by atoms with Crippen LogP contribution in [-0.4, -0.2) is 5.11 Å². The zero-order chi connectivity index (χ0) is 5.11. The van der Waals surface area contributed by atoms with E-state index in [1.807, 2.05) is 6.07 Å². The fourth-order valence-corrected chi connectivity index (χ4v) is 0.428. The third-order valence-electron chi connectivity index (χ3n) is 0.756. The van der Waals surface area contributed by atoms with E-state index in [0.717, 1.165) is 0 Å². The molecule has 0 heterocycles. The first-order chi connectivity index (χ1) is 3.39. The van der Waals surface area contributed by atoms with Crippen LogP contribution in [-0.2, 0) is 16.5 Å². The van der Waals surface area contributed by atoms with E-state index >= 15 is 0 Å². The van der Waals surface area contributed by atoms with Gasteiger partial charge in [-0.25, -0.2) is 0 Å². The minimum Gasteiger partial charge on any atom is -0.508 e. The van der Waals surface area contributed by atoms with Crippen molar-refractivity contribution in [2.75, 3.05) is 0 Å². The molecule has 0 fully saturated rings. The largest absolute Gasteiger partial charge is 0.508 e. The number of aromatic hydroxyl groups is 1. The summed E-state index contributed by atoms with van der Waals surface area (Å²) >= 11 is 0. The van der Waals surface area contributed by atoms with Crippen molar-refractivity contribution in [1.82, 2.24) is 0 Å². The van der Waals surface area contributed by atoms with Crippen molar-refractivity contribution >= 4 is 19.8 Å². The third-order valence-corrected chi connectivity index (χ3v) is 0.756. The van der Waals surface area contributed by atoms with Crippen LogP contribution in [0.4, 0.5) is 0 Å². The Morgan fingerprint density at radius 1 is 0.900 bits per heavy atom. The standard InChI is InChI=1S/C6H6O.Ni.2H3P/c7-6-4-2-1-3-5-6;;;/h1-5,7H;;2*1H3. The Bertz CT molecular complexity index is 146. The third kappa shape index (κ3) is 6.49. The molecule has 10 heavy (non-hydrogen) atoms. The number of hydrogen-bond acceptors (Lipinski definition) is 1. The van der Waals surface area contributed by atoms with Crippen molar-refractivity contribution in [1.29, 1.82) is 0 Å². The van der Waals surface area contributed by atoms with E-state index in [0.29, 0.717) is 5.75 Å². The average molecular weight is 221 g/mol. The van der Waals surface area contributed by atoms with E-state index in [2.05, 4.69) is 0 Å². The summed E-state index contributed by atoms with van der Waals surface area (Å²) in [6.45, 7) is 0. The molecule has 1 aromatic carbocycles. The Kier molecular flexibility index (Phi) is 15.7. The van der Waals surface area contributed by atoms with E-state index in [1.165, 1.54) is 0 Å². The number of rotatable bonds is 0. The molecule has 0 aliphatic heterocycles. The van der Waals surface area contributed by atoms with Gasteiger partial charge in [-0.3, -0.25) is 0 Å². The molecule has 0 saturated carbocycles. The molecule has 0 aliphatic rings. The van der Waals surface area contributed by atoms with Crippen LogP contribution >= 0.6 is 19.8 Å². The second-order valence-corrected chi connectivity index (χ2v) is 1.34. The molecule has 2 atom stereocenters. The van der Waals surface area contributed by atoms with Crippen molar-refractivity contribution < 1.29 is 21.6 Å². The minimum absolute atomic E-state index is 0. The van der Waals surface area contributed by atoms with Crippen LogP contribution in [0, 0.1) is 0 Å². The van der Waals surface area contributed by atoms with E-state index < -0.39 is 0 Å². The fourth-order valence-electron chi connectivity index (χ4n) is 0.428. The normalized spacial score (nSPS) is 6.00. The summed E-state index contributed by atoms with van der Waals surface area (Å²) in [6.07, 6.45) is 0. The first-order valence-corrected chi connectivity index (χ1v) is 2.13. The van der Waals surface area contributed by atoms with Crippen molar-refractivity contribution in [3.05, 3.63) is 30.3 Å². The van der Waals surface area contributed by atoms with Crippen molar-refractivity contribution in [2.24, 2.45) is 0 Å². The van der Waals surface area contributed by atoms with Gasteiger partial charge in [0.1, 0.15) is 5.75 Å². The molecule has 0 spiro atoms. The monoisotopic (exact) mass is 220 g/mol. The molecule has 1 aromatic rings. The minimum atomic E-state index is 0. The van der Waals surface area contributed by atoms with Gasteiger partial charge in [0, 0.05) is 16.5 Å². The molecule has 1 nitrogen and oxygen atoms in total. The summed E-state index contributed by atoms with van der Waals surface area (Å²) in [4.78, 5) is 0. The van der Waals surface area contributed by atoms with Crippen molar-refractivity contribution in [3.8, 4) is 5.75 Å². The van der Waals surface area contributed by atoms with E-state index in [4.69, 9.17) is 5.11 Å². The molecule has 0 bridgehead atoms. The fraction of sp³-hybridized carbons (Fsp3) is 0. The second-order valence-electron chi connectivity index (χ2n) is 1.34. The zero-order valence-electron chi connectivity index (χ0n) is 5.56. The first-order valence-electron chi connectivity index (χ1n) is 2.13. The van der Waals surface area contributed by atoms with Gasteiger partial charge in [-0.15, -0.1) is 0 Å². The van der Waals surface area contributed by atoms with E-state index in [-0.39, 0.29) is 36.3 Å². The molecule has 0 aromatic heterocycles. The Morgan fingerprint density at radius 3 is 1.50 bits per heavy atom. The first kappa shape index (κ1) is 16.8. The summed E-state index contributed by atoms with van der Waals surface area (Å²) in [7, 11) is 0. The van der Waals surface area contributed by atoms with Gasteiger partial charge in [0.05, 0.1) is 0 Å². The van der Waals surface area contributed by atoms with Crippen LogP contribution in [0.2, 0.25) is 0 Å². The molecular weight excluding hydrogens is 209 g/mol. The molecule has 0 saturated heterocycles. The Hall–Kier alpha value is 0.374. The van der Waals surface area contributed by atoms with Crippen LogP contribution < -0.4 is 0 Å². The Morgan fingerprint density at radius 2 is 1.30 bits per heavy atom. The number of phenols is 1. The molecule has 0 amide bonds.